The highest BCUT2D eigenvalue weighted by Gasteiger charge is 2.28. The molecule has 1 amide bonds. The average Bonchev–Trinajstić information content (AvgIpc) is 3.50. The molecule has 0 atom stereocenters. The van der Waals surface area contributed by atoms with Gasteiger partial charge in [0.15, 0.2) is 0 Å². The number of thiophene rings is 1. The summed E-state index contributed by atoms with van der Waals surface area (Å²) in [7, 11) is -3.64. The molecule has 0 spiro atoms. The SMILES string of the molecule is O=C(Nc1cc(S(=O)(=O)N2CCOCC2)ccc1N1CCCC1)c1cc2c(s1)CCCC2. The largest absolute Gasteiger partial charge is 0.379 e. The van der Waals surface area contributed by atoms with Gasteiger partial charge in [-0.05, 0) is 68.4 Å². The second-order valence-corrected chi connectivity index (χ2v) is 11.7. The maximum Gasteiger partial charge on any atom is 0.265 e. The normalized spacial score (nSPS) is 19.7. The summed E-state index contributed by atoms with van der Waals surface area (Å²) in [6, 6.07) is 7.15. The van der Waals surface area contributed by atoms with E-state index in [1.54, 1.807) is 23.5 Å². The van der Waals surface area contributed by atoms with Crippen LogP contribution >= 0.6 is 11.3 Å². The number of nitrogens with one attached hydrogen (secondary N) is 1. The summed E-state index contributed by atoms with van der Waals surface area (Å²) in [4.78, 5) is 17.6. The van der Waals surface area contributed by atoms with Crippen LogP contribution in [0.15, 0.2) is 29.2 Å². The summed E-state index contributed by atoms with van der Waals surface area (Å²) < 4.78 is 33.2. The van der Waals surface area contributed by atoms with Gasteiger partial charge in [-0.2, -0.15) is 4.31 Å². The van der Waals surface area contributed by atoms with Gasteiger partial charge >= 0.3 is 0 Å². The zero-order chi connectivity index (χ0) is 22.1. The van der Waals surface area contributed by atoms with Gasteiger partial charge in [0.25, 0.3) is 5.91 Å². The highest BCUT2D eigenvalue weighted by molar-refractivity contribution is 7.89. The number of amides is 1. The Morgan fingerprint density at radius 1 is 0.969 bits per heavy atom. The van der Waals surface area contributed by atoms with Crippen molar-refractivity contribution in [2.75, 3.05) is 49.6 Å². The van der Waals surface area contributed by atoms with Gasteiger partial charge in [0, 0.05) is 31.1 Å². The summed E-state index contributed by atoms with van der Waals surface area (Å²) >= 11 is 1.57. The van der Waals surface area contributed by atoms with E-state index in [4.69, 9.17) is 4.74 Å². The fourth-order valence-corrected chi connectivity index (χ4v) is 7.32. The molecular weight excluding hydrogens is 446 g/mol. The number of hydrogen-bond donors (Lipinski definition) is 1. The molecule has 1 aliphatic carbocycles. The maximum atomic E-state index is 13.2. The van der Waals surface area contributed by atoms with E-state index in [-0.39, 0.29) is 10.8 Å². The van der Waals surface area contributed by atoms with E-state index in [2.05, 4.69) is 10.2 Å². The molecule has 1 aromatic heterocycles. The van der Waals surface area contributed by atoms with Crippen LogP contribution in [0, 0.1) is 0 Å². The number of carbonyl (C=O) groups excluding carboxylic acids is 1. The fraction of sp³-hybridized carbons (Fsp3) is 0.522. The first-order valence-electron chi connectivity index (χ1n) is 11.4. The maximum absolute atomic E-state index is 13.2. The van der Waals surface area contributed by atoms with E-state index < -0.39 is 10.0 Å². The summed E-state index contributed by atoms with van der Waals surface area (Å²) in [5, 5.41) is 3.05. The molecule has 0 unspecified atom stereocenters. The summed E-state index contributed by atoms with van der Waals surface area (Å²) in [6.07, 6.45) is 6.61. The van der Waals surface area contributed by atoms with Crippen molar-refractivity contribution in [3.05, 3.63) is 39.6 Å². The number of aryl methyl sites for hydroxylation is 2. The molecule has 172 valence electrons. The number of fused-ring (bicyclic) bond motifs is 1. The second-order valence-electron chi connectivity index (χ2n) is 8.61. The summed E-state index contributed by atoms with van der Waals surface area (Å²) in [6.45, 7) is 3.31. The minimum absolute atomic E-state index is 0.161. The lowest BCUT2D eigenvalue weighted by Gasteiger charge is -2.27. The highest BCUT2D eigenvalue weighted by atomic mass is 32.2. The van der Waals surface area contributed by atoms with E-state index in [9.17, 15) is 13.2 Å². The first-order valence-corrected chi connectivity index (χ1v) is 13.7. The minimum atomic E-state index is -3.64. The predicted molar refractivity (Wildman–Crippen MR) is 126 cm³/mol. The lowest BCUT2D eigenvalue weighted by atomic mass is 9.99. The number of morpholine rings is 1. The molecule has 0 saturated carbocycles. The Kier molecular flexibility index (Phi) is 6.24. The predicted octanol–water partition coefficient (Wildman–Crippen LogP) is 3.50. The Morgan fingerprint density at radius 2 is 1.72 bits per heavy atom. The van der Waals surface area contributed by atoms with Crippen LogP contribution in [-0.4, -0.2) is 58.0 Å². The third kappa shape index (κ3) is 4.31. The second kappa shape index (κ2) is 9.13. The van der Waals surface area contributed by atoms with Crippen LogP contribution in [0.2, 0.25) is 0 Å². The quantitative estimate of drug-likeness (QED) is 0.716. The van der Waals surface area contributed by atoms with Crippen molar-refractivity contribution in [3.8, 4) is 0 Å². The number of benzene rings is 1. The van der Waals surface area contributed by atoms with Gasteiger partial charge in [-0.3, -0.25) is 4.79 Å². The van der Waals surface area contributed by atoms with E-state index >= 15 is 0 Å². The van der Waals surface area contributed by atoms with Crippen molar-refractivity contribution >= 4 is 38.6 Å². The number of sulfonamides is 1. The van der Waals surface area contributed by atoms with Crippen LogP contribution in [0.3, 0.4) is 0 Å². The molecule has 3 heterocycles. The average molecular weight is 476 g/mol. The van der Waals surface area contributed by atoms with Crippen molar-refractivity contribution in [3.63, 3.8) is 0 Å². The summed E-state index contributed by atoms with van der Waals surface area (Å²) in [5.74, 6) is -0.161. The molecule has 0 radical (unpaired) electrons. The van der Waals surface area contributed by atoms with Crippen LogP contribution < -0.4 is 10.2 Å². The Morgan fingerprint density at radius 3 is 2.47 bits per heavy atom. The Labute approximate surface area is 193 Å². The molecule has 2 fully saturated rings. The van der Waals surface area contributed by atoms with Gasteiger partial charge in [-0.1, -0.05) is 0 Å². The van der Waals surface area contributed by atoms with E-state index in [0.717, 1.165) is 44.5 Å². The van der Waals surface area contributed by atoms with Crippen molar-refractivity contribution in [1.82, 2.24) is 4.31 Å². The molecule has 2 aliphatic heterocycles. The number of nitrogens with zero attached hydrogens (tertiary/aromatic N) is 2. The van der Waals surface area contributed by atoms with Crippen molar-refractivity contribution in [2.24, 2.45) is 0 Å². The fourth-order valence-electron chi connectivity index (χ4n) is 4.73. The third-order valence-corrected chi connectivity index (χ3v) is 9.62. The minimum Gasteiger partial charge on any atom is -0.379 e. The zero-order valence-corrected chi connectivity index (χ0v) is 19.8. The monoisotopic (exact) mass is 475 g/mol. The van der Waals surface area contributed by atoms with Gasteiger partial charge in [0.1, 0.15) is 0 Å². The van der Waals surface area contributed by atoms with Gasteiger partial charge in [-0.15, -0.1) is 11.3 Å². The number of ether oxygens (including phenoxy) is 1. The van der Waals surface area contributed by atoms with Gasteiger partial charge in [0.2, 0.25) is 10.0 Å². The molecule has 3 aliphatic rings. The van der Waals surface area contributed by atoms with Gasteiger partial charge < -0.3 is 15.0 Å². The molecule has 5 rings (SSSR count). The molecule has 1 aromatic carbocycles. The lowest BCUT2D eigenvalue weighted by Crippen LogP contribution is -2.40. The molecule has 2 aromatic rings. The van der Waals surface area contributed by atoms with E-state index in [1.807, 2.05) is 12.1 Å². The van der Waals surface area contributed by atoms with E-state index in [0.29, 0.717) is 36.9 Å². The van der Waals surface area contributed by atoms with Crippen LogP contribution in [0.4, 0.5) is 11.4 Å². The molecule has 9 heteroatoms. The Bertz CT molecular complexity index is 1080. The number of carbonyl (C=O) groups is 1. The van der Waals surface area contributed by atoms with Crippen molar-refractivity contribution in [1.29, 1.82) is 0 Å². The third-order valence-electron chi connectivity index (χ3n) is 6.49. The molecule has 0 bridgehead atoms. The molecule has 32 heavy (non-hydrogen) atoms. The molecule has 7 nitrogen and oxygen atoms in total. The van der Waals surface area contributed by atoms with Crippen molar-refractivity contribution < 1.29 is 17.9 Å². The van der Waals surface area contributed by atoms with Gasteiger partial charge in [0.05, 0.1) is 34.4 Å². The smallest absolute Gasteiger partial charge is 0.265 e. The van der Waals surface area contributed by atoms with Gasteiger partial charge in [-0.25, -0.2) is 8.42 Å². The highest BCUT2D eigenvalue weighted by Crippen LogP contribution is 2.34. The van der Waals surface area contributed by atoms with Crippen molar-refractivity contribution in [2.45, 2.75) is 43.4 Å². The first kappa shape index (κ1) is 21.9. The van der Waals surface area contributed by atoms with E-state index in [1.165, 1.54) is 27.6 Å². The first-order chi connectivity index (χ1) is 15.5. The number of rotatable bonds is 5. The van der Waals surface area contributed by atoms with Crippen LogP contribution in [0.1, 0.15) is 45.8 Å². The van der Waals surface area contributed by atoms with Crippen LogP contribution in [-0.2, 0) is 27.6 Å². The lowest BCUT2D eigenvalue weighted by molar-refractivity contribution is 0.0730. The Balaban J connectivity index is 1.46. The standard InChI is InChI=1S/C23H29N3O4S2/c27-23(22-15-17-5-1-2-6-21(17)31-22)24-19-16-18(7-8-20(19)25-9-3-4-10-25)32(28,29)26-11-13-30-14-12-26/h7-8,15-16H,1-6,9-14H2,(H,24,27). The van der Waals surface area contributed by atoms with Crippen LogP contribution in [0.25, 0.3) is 0 Å². The zero-order valence-electron chi connectivity index (χ0n) is 18.1. The number of anilines is 2. The molecular formula is C23H29N3O4S2. The Hall–Kier alpha value is -1.94. The topological polar surface area (TPSA) is 79.0 Å². The molecule has 2 saturated heterocycles. The summed E-state index contributed by atoms with van der Waals surface area (Å²) in [5.41, 5.74) is 2.74. The van der Waals surface area contributed by atoms with Crippen LogP contribution in [0.5, 0.6) is 0 Å². The molecule has 1 N–H and O–H groups in total. The number of hydrogen-bond acceptors (Lipinski definition) is 6.